The van der Waals surface area contributed by atoms with Crippen LogP contribution in [-0.4, -0.2) is 16.8 Å². The summed E-state index contributed by atoms with van der Waals surface area (Å²) in [6.07, 6.45) is 1.83. The molecule has 5 nitrogen and oxygen atoms in total. The van der Waals surface area contributed by atoms with E-state index in [1.54, 1.807) is 6.20 Å². The molecule has 0 atom stereocenters. The monoisotopic (exact) mass is 343 g/mol. The molecular formula is C21H17N3O2. The topological polar surface area (TPSA) is 74.0 Å². The van der Waals surface area contributed by atoms with Crippen molar-refractivity contribution in [1.82, 2.24) is 15.8 Å². The minimum absolute atomic E-state index is 0.190. The lowest BCUT2D eigenvalue weighted by atomic mass is 10.0. The molecule has 2 amide bonds. The fourth-order valence-electron chi connectivity index (χ4n) is 3.12. The van der Waals surface area contributed by atoms with Crippen LogP contribution in [-0.2, 0) is 11.2 Å². The van der Waals surface area contributed by atoms with Crippen LogP contribution in [0.2, 0.25) is 0 Å². The van der Waals surface area contributed by atoms with Gasteiger partial charge in [0.1, 0.15) is 0 Å². The van der Waals surface area contributed by atoms with Gasteiger partial charge in [0.2, 0.25) is 5.91 Å². The number of benzene rings is 3. The Hall–Kier alpha value is -3.60. The molecule has 0 unspecified atom stereocenters. The number of hydrazine groups is 1. The minimum atomic E-state index is -0.353. The lowest BCUT2D eigenvalue weighted by Gasteiger charge is -2.09. The Kier molecular flexibility index (Phi) is 4.11. The van der Waals surface area contributed by atoms with Gasteiger partial charge in [0.25, 0.3) is 5.91 Å². The van der Waals surface area contributed by atoms with Gasteiger partial charge in [-0.15, -0.1) is 0 Å². The summed E-state index contributed by atoms with van der Waals surface area (Å²) in [4.78, 5) is 27.6. The van der Waals surface area contributed by atoms with E-state index < -0.39 is 0 Å². The number of H-pyrrole nitrogens is 1. The second-order valence-corrected chi connectivity index (χ2v) is 6.07. The zero-order valence-electron chi connectivity index (χ0n) is 14.0. The van der Waals surface area contributed by atoms with Crippen LogP contribution in [0.25, 0.3) is 21.7 Å². The van der Waals surface area contributed by atoms with E-state index in [1.807, 2.05) is 66.7 Å². The van der Waals surface area contributed by atoms with E-state index in [2.05, 4.69) is 15.8 Å². The molecule has 0 aliphatic heterocycles. The van der Waals surface area contributed by atoms with Crippen molar-refractivity contribution >= 4 is 33.5 Å². The maximum Gasteiger partial charge on any atom is 0.271 e. The Labute approximate surface area is 150 Å². The lowest BCUT2D eigenvalue weighted by Crippen LogP contribution is -2.42. The zero-order chi connectivity index (χ0) is 17.9. The van der Waals surface area contributed by atoms with Gasteiger partial charge in [-0.1, -0.05) is 60.7 Å². The summed E-state index contributed by atoms with van der Waals surface area (Å²) in [5, 5.41) is 2.93. The van der Waals surface area contributed by atoms with Crippen molar-refractivity contribution in [1.29, 1.82) is 0 Å². The second kappa shape index (κ2) is 6.72. The number of nitrogens with one attached hydrogen (secondary N) is 3. The third-order valence-electron chi connectivity index (χ3n) is 4.38. The number of rotatable bonds is 3. The molecule has 3 aromatic carbocycles. The zero-order valence-corrected chi connectivity index (χ0v) is 14.0. The fourth-order valence-corrected chi connectivity index (χ4v) is 3.12. The van der Waals surface area contributed by atoms with Gasteiger partial charge in [-0.3, -0.25) is 20.4 Å². The predicted molar refractivity (Wildman–Crippen MR) is 102 cm³/mol. The average molecular weight is 343 g/mol. The van der Waals surface area contributed by atoms with Crippen molar-refractivity contribution in [3.05, 3.63) is 84.1 Å². The molecule has 3 N–H and O–H groups in total. The van der Waals surface area contributed by atoms with E-state index in [0.717, 1.165) is 27.2 Å². The first-order chi connectivity index (χ1) is 12.7. The molecule has 0 saturated heterocycles. The van der Waals surface area contributed by atoms with Crippen LogP contribution in [0.4, 0.5) is 0 Å². The van der Waals surface area contributed by atoms with E-state index in [9.17, 15) is 9.59 Å². The molecule has 5 heteroatoms. The van der Waals surface area contributed by atoms with Crippen molar-refractivity contribution in [3.8, 4) is 0 Å². The van der Waals surface area contributed by atoms with Crippen LogP contribution in [0.5, 0.6) is 0 Å². The lowest BCUT2D eigenvalue weighted by molar-refractivity contribution is -0.121. The van der Waals surface area contributed by atoms with Gasteiger partial charge in [-0.05, 0) is 22.4 Å². The van der Waals surface area contributed by atoms with Gasteiger partial charge >= 0.3 is 0 Å². The number of amides is 2. The first kappa shape index (κ1) is 15.9. The Bertz CT molecular complexity index is 1110. The molecule has 4 rings (SSSR count). The molecule has 0 aliphatic carbocycles. The third kappa shape index (κ3) is 3.02. The molecule has 0 fully saturated rings. The first-order valence-electron chi connectivity index (χ1n) is 8.34. The Morgan fingerprint density at radius 3 is 2.42 bits per heavy atom. The van der Waals surface area contributed by atoms with Crippen LogP contribution in [0, 0.1) is 0 Å². The van der Waals surface area contributed by atoms with Crippen molar-refractivity contribution < 1.29 is 9.59 Å². The van der Waals surface area contributed by atoms with Gasteiger partial charge in [0.15, 0.2) is 0 Å². The highest BCUT2D eigenvalue weighted by Gasteiger charge is 2.13. The average Bonchev–Trinajstić information content (AvgIpc) is 3.11. The first-order valence-corrected chi connectivity index (χ1v) is 8.34. The molecule has 0 bridgehead atoms. The van der Waals surface area contributed by atoms with E-state index in [1.165, 1.54) is 0 Å². The number of hydrogen-bond acceptors (Lipinski definition) is 2. The molecule has 1 heterocycles. The van der Waals surface area contributed by atoms with Gasteiger partial charge in [0, 0.05) is 17.1 Å². The highest BCUT2D eigenvalue weighted by atomic mass is 16.2. The summed E-state index contributed by atoms with van der Waals surface area (Å²) in [7, 11) is 0. The van der Waals surface area contributed by atoms with E-state index in [-0.39, 0.29) is 18.2 Å². The van der Waals surface area contributed by atoms with Crippen molar-refractivity contribution in [2.75, 3.05) is 0 Å². The Morgan fingerprint density at radius 1 is 0.808 bits per heavy atom. The number of aromatic amines is 1. The van der Waals surface area contributed by atoms with E-state index in [4.69, 9.17) is 0 Å². The van der Waals surface area contributed by atoms with Crippen molar-refractivity contribution in [2.45, 2.75) is 6.42 Å². The second-order valence-electron chi connectivity index (χ2n) is 6.07. The molecule has 0 spiro atoms. The largest absolute Gasteiger partial charge is 0.360 e. The molecule has 1 aromatic heterocycles. The highest BCUT2D eigenvalue weighted by Crippen LogP contribution is 2.19. The number of carbonyl (C=O) groups excluding carboxylic acids is 2. The number of fused-ring (bicyclic) bond motifs is 2. The van der Waals surface area contributed by atoms with E-state index in [0.29, 0.717) is 5.56 Å². The van der Waals surface area contributed by atoms with Crippen molar-refractivity contribution in [3.63, 3.8) is 0 Å². The van der Waals surface area contributed by atoms with Crippen LogP contribution in [0.15, 0.2) is 72.9 Å². The quantitative estimate of drug-likeness (QED) is 0.499. The van der Waals surface area contributed by atoms with Crippen LogP contribution >= 0.6 is 0 Å². The summed E-state index contributed by atoms with van der Waals surface area (Å²) in [6, 6.07) is 21.3. The molecule has 0 radical (unpaired) electrons. The molecule has 4 aromatic rings. The number of hydrogen-bond donors (Lipinski definition) is 3. The molecule has 0 saturated carbocycles. The molecule has 26 heavy (non-hydrogen) atoms. The third-order valence-corrected chi connectivity index (χ3v) is 4.38. The van der Waals surface area contributed by atoms with Crippen LogP contribution < -0.4 is 10.9 Å². The van der Waals surface area contributed by atoms with Gasteiger partial charge in [-0.25, -0.2) is 0 Å². The number of carbonyl (C=O) groups is 2. The number of para-hydroxylation sites is 1. The van der Waals surface area contributed by atoms with E-state index >= 15 is 0 Å². The van der Waals surface area contributed by atoms with Crippen LogP contribution in [0.1, 0.15) is 15.9 Å². The number of aromatic nitrogens is 1. The summed E-state index contributed by atoms with van der Waals surface area (Å²) in [5.41, 5.74) is 7.27. The summed E-state index contributed by atoms with van der Waals surface area (Å²) >= 11 is 0. The molecule has 0 aliphatic rings. The minimum Gasteiger partial charge on any atom is -0.360 e. The Morgan fingerprint density at radius 2 is 1.54 bits per heavy atom. The highest BCUT2D eigenvalue weighted by molar-refractivity contribution is 6.07. The fraction of sp³-hybridized carbons (Fsp3) is 0.0476. The molecular weight excluding hydrogens is 326 g/mol. The maximum atomic E-state index is 12.3. The summed E-state index contributed by atoms with van der Waals surface area (Å²) in [5.74, 6) is -0.622. The van der Waals surface area contributed by atoms with Crippen molar-refractivity contribution in [2.24, 2.45) is 0 Å². The van der Waals surface area contributed by atoms with Gasteiger partial charge in [0.05, 0.1) is 12.0 Å². The Balaban J connectivity index is 1.44. The summed E-state index contributed by atoms with van der Waals surface area (Å²) < 4.78 is 0. The summed E-state index contributed by atoms with van der Waals surface area (Å²) in [6.45, 7) is 0. The standard InChI is InChI=1S/C21H17N3O2/c25-20(12-15-8-5-7-14-6-1-2-9-16(14)15)23-24-21(26)18-13-22-19-11-4-3-10-17(18)19/h1-11,13,22H,12H2,(H,23,25)(H,24,26). The smallest absolute Gasteiger partial charge is 0.271 e. The predicted octanol–water partition coefficient (Wildman–Crippen LogP) is 3.32. The van der Waals surface area contributed by atoms with Crippen LogP contribution in [0.3, 0.4) is 0 Å². The molecule has 128 valence electrons. The van der Waals surface area contributed by atoms with Gasteiger partial charge < -0.3 is 4.98 Å². The maximum absolute atomic E-state index is 12.3. The van der Waals surface area contributed by atoms with Gasteiger partial charge in [-0.2, -0.15) is 0 Å². The SMILES string of the molecule is O=C(Cc1cccc2ccccc12)NNC(=O)c1c[nH]c2ccccc12. The normalized spacial score (nSPS) is 10.8.